The van der Waals surface area contributed by atoms with E-state index in [9.17, 15) is 36.6 Å². The van der Waals surface area contributed by atoms with Crippen LogP contribution in [0.15, 0.2) is 59.9 Å². The summed E-state index contributed by atoms with van der Waals surface area (Å²) < 4.78 is 215. The fourth-order valence-electron chi connectivity index (χ4n) is 10.8. The van der Waals surface area contributed by atoms with Gasteiger partial charge in [0.15, 0.2) is 95.5 Å². The largest absolute Gasteiger partial charge is 0.382 e. The third-order valence-electron chi connectivity index (χ3n) is 14.8. The normalized spacial score (nSPS) is 37.7. The molecule has 20 atom stereocenters. The van der Waals surface area contributed by atoms with E-state index < -0.39 is 188 Å². The highest BCUT2D eigenvalue weighted by atomic mass is 31.2. The number of H-pyrrole nitrogens is 2. The molecule has 6 saturated heterocycles. The zero-order valence-electron chi connectivity index (χ0n) is 44.9. The van der Waals surface area contributed by atoms with Crippen molar-refractivity contribution >= 4 is 116 Å². The first-order chi connectivity index (χ1) is 42.7. The number of hydrogen-bond donors (Lipinski definition) is 4. The van der Waals surface area contributed by atoms with Crippen LogP contribution in [0.25, 0.3) is 44.4 Å². The second-order valence-corrected chi connectivity index (χ2v) is 26.7. The summed E-state index contributed by atoms with van der Waals surface area (Å²) in [6, 6.07) is 0. The molecule has 468 valence electrons. The lowest BCUT2D eigenvalue weighted by Gasteiger charge is -2.29. The Bertz CT molecular complexity index is 4180. The maximum atomic E-state index is 15.9. The van der Waals surface area contributed by atoms with E-state index in [0.29, 0.717) is 0 Å². The molecule has 6 aliphatic rings. The first-order valence-electron chi connectivity index (χ1n) is 26.0. The highest BCUT2D eigenvalue weighted by Crippen LogP contribution is 2.56. The molecule has 0 amide bonds. The molecule has 6 N–H and O–H groups in total. The van der Waals surface area contributed by atoms with Crippen molar-refractivity contribution in [1.29, 1.82) is 0 Å². The number of anilines is 2. The Morgan fingerprint density at radius 1 is 0.456 bits per heavy atom. The van der Waals surface area contributed by atoms with Gasteiger partial charge in [-0.1, -0.05) is 0 Å². The van der Waals surface area contributed by atoms with E-state index in [1.165, 1.54) is 21.8 Å². The van der Waals surface area contributed by atoms with E-state index in [-0.39, 0.29) is 45.3 Å². The molecule has 6 fully saturated rings. The van der Waals surface area contributed by atoms with Gasteiger partial charge in [-0.05, 0) is 0 Å². The van der Waals surface area contributed by atoms with Gasteiger partial charge in [0.1, 0.15) is 83.3 Å². The van der Waals surface area contributed by atoms with E-state index in [4.69, 9.17) is 96.9 Å². The lowest BCUT2D eigenvalue weighted by Crippen LogP contribution is -2.37. The Kier molecular flexibility index (Phi) is 16.3. The third kappa shape index (κ3) is 11.5. The average Bonchev–Trinajstić information content (AvgIpc) is 1.66. The van der Waals surface area contributed by atoms with E-state index in [0.717, 1.165) is 46.8 Å². The molecule has 0 aliphatic carbocycles. The van der Waals surface area contributed by atoms with Gasteiger partial charge >= 0.3 is 0 Å². The van der Waals surface area contributed by atoms with E-state index >= 15 is 17.6 Å². The van der Waals surface area contributed by atoms with Gasteiger partial charge in [0, 0.05) is 12.4 Å². The van der Waals surface area contributed by atoms with Crippen LogP contribution in [-0.2, 0) is 73.4 Å². The highest BCUT2D eigenvalue weighted by Gasteiger charge is 2.56. The van der Waals surface area contributed by atoms with E-state index in [2.05, 4.69) is 49.8 Å². The first-order valence-corrected chi connectivity index (χ1v) is 32.5. The fraction of sp³-hybridized carbons (Fsp3) is 0.476. The minimum Gasteiger partial charge on any atom is -0.382 e. The van der Waals surface area contributed by atoms with Crippen molar-refractivity contribution in [3.8, 4) is 0 Å². The number of aromatic amines is 2. The number of nitrogens with zero attached hydrogens (tertiary/aromatic N) is 12. The molecule has 0 bridgehead atoms. The molecule has 90 heavy (non-hydrogen) atoms. The fourth-order valence-corrected chi connectivity index (χ4v) is 14.8. The van der Waals surface area contributed by atoms with E-state index in [1.807, 2.05) is 0 Å². The summed E-state index contributed by atoms with van der Waals surface area (Å²) in [6.07, 6.45) is -20.3. The van der Waals surface area contributed by atoms with Crippen molar-refractivity contribution in [2.24, 2.45) is 0 Å². The average molecular weight is 1340 g/mol. The van der Waals surface area contributed by atoms with Crippen molar-refractivity contribution in [1.82, 2.24) is 68.1 Å². The summed E-state index contributed by atoms with van der Waals surface area (Å²) in [5, 5.41) is -0.955. The Hall–Kier alpha value is -6.18. The standard InChI is InChI=1S/2C21H19B2F3N8O9P2/c2*22-44(36)39-3-9-15(12(26)21(41-9)34-6-32-13-16(27)28-4-30-18(13)34)43-45(23,37)38-2-8-14(42-44)11(25)20(40-8)33-1-7(24)10-17(33)29-5-31-19(10)35/h2*1,4-6,8-9,11-12,14-15,20-21H,2-3H2,(H2,27,28,30)(H,29,31,35)/t2*8-,9-,11+,12+,14?,15?,20-,21-,44?,45?/m11/s1. The van der Waals surface area contributed by atoms with Gasteiger partial charge in [0.25, 0.3) is 41.0 Å². The van der Waals surface area contributed by atoms with Crippen molar-refractivity contribution in [2.45, 2.75) is 98.4 Å². The summed E-state index contributed by atoms with van der Waals surface area (Å²) in [5.74, 6) is -2.03. The number of imidazole rings is 2. The Morgan fingerprint density at radius 2 is 0.756 bits per heavy atom. The van der Waals surface area contributed by atoms with E-state index in [1.54, 1.807) is 0 Å². The summed E-state index contributed by atoms with van der Waals surface area (Å²) in [5.41, 5.74) is 9.86. The topological polar surface area (TPSA) is 420 Å². The smallest absolute Gasteiger partial charge is 0.264 e. The maximum absolute atomic E-state index is 15.9. The van der Waals surface area contributed by atoms with Gasteiger partial charge in [0.2, 0.25) is 30.3 Å². The van der Waals surface area contributed by atoms with Crippen LogP contribution in [0.5, 0.6) is 0 Å². The van der Waals surface area contributed by atoms with Crippen LogP contribution in [0.3, 0.4) is 0 Å². The Balaban J connectivity index is 0.000000165. The summed E-state index contributed by atoms with van der Waals surface area (Å²) in [4.78, 5) is 60.2. The van der Waals surface area contributed by atoms with Crippen molar-refractivity contribution in [3.05, 3.63) is 82.7 Å². The molecule has 6 aliphatic heterocycles. The van der Waals surface area contributed by atoms with Gasteiger partial charge in [-0.25, -0.2) is 66.2 Å². The lowest BCUT2D eigenvalue weighted by atomic mass is 10.1. The van der Waals surface area contributed by atoms with Crippen molar-refractivity contribution in [2.75, 3.05) is 37.9 Å². The molecule has 8 unspecified atom stereocenters. The first kappa shape index (κ1) is 62.6. The number of alkyl halides is 4. The molecule has 8 radical (unpaired) electrons. The van der Waals surface area contributed by atoms with Crippen LogP contribution in [0.1, 0.15) is 24.9 Å². The molecule has 0 aromatic carbocycles. The maximum Gasteiger partial charge on any atom is 0.264 e. The van der Waals surface area contributed by atoms with Gasteiger partial charge in [0.05, 0.1) is 51.7 Å². The number of halogens is 6. The zero-order chi connectivity index (χ0) is 63.7. The monoisotopic (exact) mass is 1340 g/mol. The molecule has 0 spiro atoms. The zero-order valence-corrected chi connectivity index (χ0v) is 48.5. The molecular weight excluding hydrogens is 1300 g/mol. The summed E-state index contributed by atoms with van der Waals surface area (Å²) >= 11 is 0. The number of nitrogens with two attached hydrogens (primary N) is 2. The number of nitrogen functional groups attached to an aromatic ring is 2. The van der Waals surface area contributed by atoms with Gasteiger partial charge in [-0.2, -0.15) is 0 Å². The molecule has 34 nitrogen and oxygen atoms in total. The van der Waals surface area contributed by atoms with Crippen LogP contribution < -0.4 is 22.6 Å². The number of aromatic nitrogens is 14. The van der Waals surface area contributed by atoms with Crippen LogP contribution in [0.4, 0.5) is 38.0 Å². The minimum atomic E-state index is -4.69. The molecule has 0 saturated carbocycles. The van der Waals surface area contributed by atoms with Crippen LogP contribution in [0, 0.1) is 11.6 Å². The third-order valence-corrected chi connectivity index (χ3v) is 19.0. The summed E-state index contributed by atoms with van der Waals surface area (Å²) in [6.45, 7) is -3.21. The number of nitrogens with one attached hydrogen (secondary N) is 2. The second-order valence-electron chi connectivity index (χ2n) is 20.5. The lowest BCUT2D eigenvalue weighted by molar-refractivity contribution is -0.0548. The minimum absolute atomic E-state index is 0.0144. The van der Waals surface area contributed by atoms with Crippen molar-refractivity contribution < 1.29 is 99.7 Å². The quantitative estimate of drug-likeness (QED) is 0.111. The molecular formula is C42H38B4F6N16O18P4. The van der Waals surface area contributed by atoms with Gasteiger partial charge in [-0.3, -0.25) is 46.1 Å². The van der Waals surface area contributed by atoms with Gasteiger partial charge in [-0.15, -0.1) is 0 Å². The SMILES string of the molecule is [B]P1(=O)OC[C@H]2O[C@@H](n3cc(F)c4c(=O)[nH]cnc43)[C@@H](F)C2OP([B])(=O)OC[C@H]2O[C@@H](n3cnc4c(N)ncnc43)[C@@H](F)C2O1.[B]P1(=O)OC[C@H]2O[C@@H](n3cc(F)c4c(=O)[nH]cnc43)[C@@H](F)C2OP([B])(=O)OC[C@H]2O[C@@H](n3cnc4c(N)ncnc43)[C@@H](F)C2O1. The molecule has 8 aromatic heterocycles. The van der Waals surface area contributed by atoms with Crippen molar-refractivity contribution in [3.63, 3.8) is 0 Å². The predicted octanol–water partition coefficient (Wildman–Crippen LogP) is 2.25. The van der Waals surface area contributed by atoms with Crippen LogP contribution in [-0.4, -0.2) is 198 Å². The number of rotatable bonds is 4. The Morgan fingerprint density at radius 3 is 1.07 bits per heavy atom. The van der Waals surface area contributed by atoms with Crippen LogP contribution in [0.2, 0.25) is 0 Å². The summed E-state index contributed by atoms with van der Waals surface area (Å²) in [7, 11) is 4.40. The molecule has 14 heterocycles. The predicted molar refractivity (Wildman–Crippen MR) is 292 cm³/mol. The molecule has 8 aromatic rings. The second kappa shape index (κ2) is 23.4. The molecule has 48 heteroatoms. The van der Waals surface area contributed by atoms with Gasteiger partial charge < -0.3 is 76.6 Å². The number of fused-ring (bicyclic) bond motifs is 8. The number of ether oxygens (including phenoxy) is 4. The molecule has 14 rings (SSSR count). The number of hydrogen-bond acceptors (Lipinski definition) is 28. The highest BCUT2D eigenvalue weighted by molar-refractivity contribution is 7.80. The Labute approximate surface area is 501 Å². The van der Waals surface area contributed by atoms with Crippen LogP contribution >= 0.6 is 29.9 Å².